The van der Waals surface area contributed by atoms with E-state index in [0.717, 1.165) is 6.07 Å². The van der Waals surface area contributed by atoms with Crippen LogP contribution in [0.3, 0.4) is 0 Å². The van der Waals surface area contributed by atoms with E-state index in [1.54, 1.807) is 6.92 Å². The molecule has 1 amide bonds. The zero-order valence-electron chi connectivity index (χ0n) is 12.2. The quantitative estimate of drug-likeness (QED) is 0.826. The summed E-state index contributed by atoms with van der Waals surface area (Å²) >= 11 is 0. The van der Waals surface area contributed by atoms with Crippen molar-refractivity contribution in [1.82, 2.24) is 5.32 Å². The fourth-order valence-corrected chi connectivity index (χ4v) is 3.06. The van der Waals surface area contributed by atoms with Crippen molar-refractivity contribution in [2.24, 2.45) is 0 Å². The molecule has 0 spiro atoms. The van der Waals surface area contributed by atoms with Crippen LogP contribution in [0, 0.1) is 6.92 Å². The first-order valence-corrected chi connectivity index (χ1v) is 8.12. The number of nitrogens with one attached hydrogen (secondary N) is 1. The molecular weight excluding hydrogens is 294 g/mol. The fraction of sp³-hybridized carbons (Fsp3) is 0.429. The summed E-state index contributed by atoms with van der Waals surface area (Å²) in [6.07, 6.45) is 0.701. The summed E-state index contributed by atoms with van der Waals surface area (Å²) in [5.74, 6) is -1.79. The van der Waals surface area contributed by atoms with Crippen LogP contribution in [-0.4, -0.2) is 37.2 Å². The minimum absolute atomic E-state index is 0.0859. The number of hydrogen-bond donors (Lipinski definition) is 2. The molecule has 1 atom stereocenters. The Morgan fingerprint density at radius 1 is 1.33 bits per heavy atom. The molecule has 0 heterocycles. The van der Waals surface area contributed by atoms with Gasteiger partial charge < -0.3 is 10.4 Å². The van der Waals surface area contributed by atoms with Crippen molar-refractivity contribution in [2.45, 2.75) is 37.3 Å². The van der Waals surface area contributed by atoms with Crippen molar-refractivity contribution in [2.75, 3.05) is 6.54 Å². The van der Waals surface area contributed by atoms with E-state index < -0.39 is 27.0 Å². The summed E-state index contributed by atoms with van der Waals surface area (Å²) in [5.41, 5.74) is 0.377. The summed E-state index contributed by atoms with van der Waals surface area (Å²) in [6, 6.07) is 3.84. The predicted octanol–water partition coefficient (Wildman–Crippen LogP) is 1.38. The van der Waals surface area contributed by atoms with Gasteiger partial charge in [-0.2, -0.15) is 0 Å². The molecule has 0 fully saturated rings. The van der Waals surface area contributed by atoms with E-state index in [1.165, 1.54) is 19.1 Å². The Kier molecular flexibility index (Phi) is 5.48. The molecule has 0 saturated carbocycles. The van der Waals surface area contributed by atoms with Crippen molar-refractivity contribution in [3.05, 3.63) is 29.3 Å². The van der Waals surface area contributed by atoms with Gasteiger partial charge in [0, 0.05) is 6.54 Å². The van der Waals surface area contributed by atoms with Crippen molar-refractivity contribution in [3.63, 3.8) is 0 Å². The Labute approximate surface area is 124 Å². The zero-order valence-corrected chi connectivity index (χ0v) is 13.0. The average Bonchev–Trinajstić information content (AvgIpc) is 2.43. The molecule has 0 radical (unpaired) electrons. The van der Waals surface area contributed by atoms with Gasteiger partial charge in [0.2, 0.25) is 5.91 Å². The molecule has 0 aromatic heterocycles. The number of amides is 1. The second-order valence-electron chi connectivity index (χ2n) is 4.76. The minimum Gasteiger partial charge on any atom is -0.478 e. The van der Waals surface area contributed by atoms with Crippen LogP contribution in [-0.2, 0) is 14.6 Å². The lowest BCUT2D eigenvalue weighted by Gasteiger charge is -2.14. The van der Waals surface area contributed by atoms with Crippen LogP contribution in [0.1, 0.15) is 36.2 Å². The van der Waals surface area contributed by atoms with E-state index in [9.17, 15) is 18.0 Å². The van der Waals surface area contributed by atoms with Crippen LogP contribution in [0.4, 0.5) is 0 Å². The monoisotopic (exact) mass is 313 g/mol. The molecule has 1 aromatic carbocycles. The van der Waals surface area contributed by atoms with Crippen LogP contribution in [0.25, 0.3) is 0 Å². The highest BCUT2D eigenvalue weighted by Crippen LogP contribution is 2.20. The van der Waals surface area contributed by atoms with Crippen molar-refractivity contribution in [3.8, 4) is 0 Å². The van der Waals surface area contributed by atoms with Crippen LogP contribution in [0.5, 0.6) is 0 Å². The number of carboxylic acid groups (broad SMARTS) is 1. The molecule has 1 aromatic rings. The topological polar surface area (TPSA) is 101 Å². The summed E-state index contributed by atoms with van der Waals surface area (Å²) in [4.78, 5) is 22.7. The van der Waals surface area contributed by atoms with Gasteiger partial charge in [-0.25, -0.2) is 13.2 Å². The number of benzene rings is 1. The maximum Gasteiger partial charge on any atom is 0.335 e. The largest absolute Gasteiger partial charge is 0.478 e. The lowest BCUT2D eigenvalue weighted by molar-refractivity contribution is -0.120. The summed E-state index contributed by atoms with van der Waals surface area (Å²) < 4.78 is 24.7. The first kappa shape index (κ1) is 17.2. The third-order valence-electron chi connectivity index (χ3n) is 3.15. The summed E-state index contributed by atoms with van der Waals surface area (Å²) in [6.45, 7) is 5.13. The molecule has 116 valence electrons. The van der Waals surface area contributed by atoms with Crippen LogP contribution in [0.2, 0.25) is 0 Å². The molecule has 21 heavy (non-hydrogen) atoms. The fourth-order valence-electron chi connectivity index (χ4n) is 1.75. The third kappa shape index (κ3) is 3.81. The lowest BCUT2D eigenvalue weighted by Crippen LogP contribution is -2.38. The number of carbonyl (C=O) groups is 2. The molecule has 0 aliphatic rings. The molecule has 2 N–H and O–H groups in total. The van der Waals surface area contributed by atoms with Crippen LogP contribution >= 0.6 is 0 Å². The molecule has 0 aliphatic heterocycles. The van der Waals surface area contributed by atoms with E-state index in [4.69, 9.17) is 5.11 Å². The van der Waals surface area contributed by atoms with Gasteiger partial charge in [-0.1, -0.05) is 13.0 Å². The van der Waals surface area contributed by atoms with E-state index in [0.29, 0.717) is 18.5 Å². The lowest BCUT2D eigenvalue weighted by atomic mass is 10.1. The Morgan fingerprint density at radius 3 is 2.48 bits per heavy atom. The van der Waals surface area contributed by atoms with Gasteiger partial charge in [0.1, 0.15) is 5.25 Å². The smallest absolute Gasteiger partial charge is 0.335 e. The van der Waals surface area contributed by atoms with E-state index in [2.05, 4.69) is 5.32 Å². The molecule has 0 bridgehead atoms. The van der Waals surface area contributed by atoms with Gasteiger partial charge >= 0.3 is 5.97 Å². The van der Waals surface area contributed by atoms with Gasteiger partial charge in [0.15, 0.2) is 9.84 Å². The Morgan fingerprint density at radius 2 is 1.95 bits per heavy atom. The SMILES string of the molecule is CCCNC(=O)C(C)S(=O)(=O)c1ccc(C)c(C(=O)O)c1. The Balaban J connectivity index is 3.16. The number of hydrogen-bond acceptors (Lipinski definition) is 4. The molecular formula is C14H19NO5S. The van der Waals surface area contributed by atoms with Gasteiger partial charge in [0.05, 0.1) is 10.5 Å². The first-order chi connectivity index (χ1) is 9.71. The average molecular weight is 313 g/mol. The van der Waals surface area contributed by atoms with E-state index in [1.807, 2.05) is 6.92 Å². The highest BCUT2D eigenvalue weighted by Gasteiger charge is 2.30. The van der Waals surface area contributed by atoms with E-state index >= 15 is 0 Å². The number of aromatic carboxylic acids is 1. The minimum atomic E-state index is -3.92. The first-order valence-electron chi connectivity index (χ1n) is 6.57. The third-order valence-corrected chi connectivity index (χ3v) is 5.21. The molecule has 0 aliphatic carbocycles. The number of carbonyl (C=O) groups excluding carboxylic acids is 1. The molecule has 6 nitrogen and oxygen atoms in total. The summed E-state index contributed by atoms with van der Waals surface area (Å²) in [7, 11) is -3.92. The number of rotatable bonds is 6. The van der Waals surface area contributed by atoms with Crippen LogP contribution in [0.15, 0.2) is 23.1 Å². The zero-order chi connectivity index (χ0) is 16.2. The number of sulfone groups is 1. The van der Waals surface area contributed by atoms with Crippen molar-refractivity contribution in [1.29, 1.82) is 0 Å². The van der Waals surface area contributed by atoms with Gasteiger partial charge in [-0.3, -0.25) is 4.79 Å². The van der Waals surface area contributed by atoms with Gasteiger partial charge in [0.25, 0.3) is 0 Å². The van der Waals surface area contributed by atoms with Crippen molar-refractivity contribution < 1.29 is 23.1 Å². The molecule has 1 unspecified atom stereocenters. The maximum absolute atomic E-state index is 12.4. The molecule has 0 saturated heterocycles. The van der Waals surface area contributed by atoms with Crippen molar-refractivity contribution >= 4 is 21.7 Å². The number of aryl methyl sites for hydroxylation is 1. The second-order valence-corrected chi connectivity index (χ2v) is 7.03. The van der Waals surface area contributed by atoms with E-state index in [-0.39, 0.29) is 10.5 Å². The Bertz CT molecular complexity index is 651. The summed E-state index contributed by atoms with van der Waals surface area (Å²) in [5, 5.41) is 10.3. The predicted molar refractivity (Wildman–Crippen MR) is 78.1 cm³/mol. The molecule has 7 heteroatoms. The highest BCUT2D eigenvalue weighted by molar-refractivity contribution is 7.92. The van der Waals surface area contributed by atoms with Gasteiger partial charge in [-0.05, 0) is 38.0 Å². The van der Waals surface area contributed by atoms with Gasteiger partial charge in [-0.15, -0.1) is 0 Å². The highest BCUT2D eigenvalue weighted by atomic mass is 32.2. The number of carboxylic acids is 1. The Hall–Kier alpha value is -1.89. The second kappa shape index (κ2) is 6.71. The maximum atomic E-state index is 12.4. The molecule has 1 rings (SSSR count). The normalized spacial score (nSPS) is 12.7. The standard InChI is InChI=1S/C14H19NO5S/c1-4-7-15-13(16)10(3)21(19,20)11-6-5-9(2)12(8-11)14(17)18/h5-6,8,10H,4,7H2,1-3H3,(H,15,16)(H,17,18). The van der Waals surface area contributed by atoms with Crippen LogP contribution < -0.4 is 5.32 Å².